The fourth-order valence-electron chi connectivity index (χ4n) is 4.40. The molecule has 0 saturated carbocycles. The third-order valence-electron chi connectivity index (χ3n) is 6.19. The Morgan fingerprint density at radius 3 is 2.81 bits per heavy atom. The second-order valence-electron chi connectivity index (χ2n) is 8.33. The number of anilines is 1. The van der Waals surface area contributed by atoms with Gasteiger partial charge in [0, 0.05) is 49.7 Å². The van der Waals surface area contributed by atoms with Gasteiger partial charge >= 0.3 is 0 Å². The van der Waals surface area contributed by atoms with E-state index in [-0.39, 0.29) is 24.1 Å². The number of nitrogens with one attached hydrogen (secondary N) is 3. The minimum absolute atomic E-state index is 0.136. The fraction of sp³-hybridized carbons (Fsp3) is 0.417. The number of carbonyl (C=O) groups excluding carboxylic acids is 2. The van der Waals surface area contributed by atoms with Crippen LogP contribution in [-0.2, 0) is 11.2 Å². The predicted octanol–water partition coefficient (Wildman–Crippen LogP) is 2.83. The molecular weight excluding hydrogens is 404 g/mol. The Morgan fingerprint density at radius 2 is 2.12 bits per heavy atom. The van der Waals surface area contributed by atoms with E-state index in [4.69, 9.17) is 5.26 Å². The molecule has 0 unspecified atom stereocenters. The van der Waals surface area contributed by atoms with Crippen LogP contribution in [0.3, 0.4) is 0 Å². The van der Waals surface area contributed by atoms with E-state index in [0.29, 0.717) is 11.6 Å². The lowest BCUT2D eigenvalue weighted by Gasteiger charge is -2.32. The highest BCUT2D eigenvalue weighted by Crippen LogP contribution is 2.34. The number of benzene rings is 1. The normalized spacial score (nSPS) is 16.9. The topological polar surface area (TPSA) is 114 Å². The summed E-state index contributed by atoms with van der Waals surface area (Å²) in [4.78, 5) is 33.4. The number of imidazole rings is 1. The van der Waals surface area contributed by atoms with E-state index in [0.717, 1.165) is 56.7 Å². The maximum Gasteiger partial charge on any atom is 0.291 e. The second kappa shape index (κ2) is 9.79. The molecule has 0 radical (unpaired) electrons. The number of piperidine rings is 1. The van der Waals surface area contributed by atoms with Crippen LogP contribution in [-0.4, -0.2) is 52.9 Å². The lowest BCUT2D eigenvalue weighted by molar-refractivity contribution is -0.129. The van der Waals surface area contributed by atoms with Crippen LogP contribution in [0.5, 0.6) is 0 Å². The molecule has 2 aliphatic rings. The summed E-state index contributed by atoms with van der Waals surface area (Å²) in [6.45, 7) is 4.88. The van der Waals surface area contributed by atoms with Crippen LogP contribution in [0.15, 0.2) is 30.5 Å². The number of aromatic nitrogens is 2. The number of rotatable bonds is 5. The van der Waals surface area contributed by atoms with Crippen molar-refractivity contribution in [1.82, 2.24) is 20.2 Å². The first-order valence-corrected chi connectivity index (χ1v) is 11.1. The van der Waals surface area contributed by atoms with Gasteiger partial charge in [0.05, 0.1) is 12.5 Å². The molecule has 8 nitrogen and oxygen atoms in total. The van der Waals surface area contributed by atoms with Crippen molar-refractivity contribution in [3.63, 3.8) is 0 Å². The molecule has 3 heterocycles. The molecule has 1 aromatic heterocycles. The van der Waals surface area contributed by atoms with E-state index in [9.17, 15) is 9.59 Å². The number of carbonyl (C=O) groups is 2. The van der Waals surface area contributed by atoms with Crippen LogP contribution >= 0.6 is 0 Å². The number of nitriles is 1. The summed E-state index contributed by atoms with van der Waals surface area (Å²) in [5.74, 6) is 0.390. The molecule has 2 amide bonds. The molecule has 4 rings (SSSR count). The van der Waals surface area contributed by atoms with Gasteiger partial charge in [-0.2, -0.15) is 5.26 Å². The lowest BCUT2D eigenvalue weighted by atomic mass is 9.86. The standard InChI is InChI=1S/C24H28N6O2/c1-16(31)30-11-7-17(8-12-30)18-4-5-22(21(13-18)19-3-2-10-26-14-19)29-24(32)23-27-15-20(28-23)6-9-25/h3-5,13,15,17,26H,2,6-8,10-12,14H2,1H3,(H,27,28)(H,29,32). The Kier molecular flexibility index (Phi) is 6.66. The highest BCUT2D eigenvalue weighted by Gasteiger charge is 2.24. The zero-order chi connectivity index (χ0) is 22.5. The average molecular weight is 433 g/mol. The highest BCUT2D eigenvalue weighted by atomic mass is 16.2. The molecule has 0 aliphatic carbocycles. The van der Waals surface area contributed by atoms with Crippen LogP contribution in [0.2, 0.25) is 0 Å². The smallest absolute Gasteiger partial charge is 0.291 e. The van der Waals surface area contributed by atoms with Crippen molar-refractivity contribution in [2.24, 2.45) is 0 Å². The summed E-state index contributed by atoms with van der Waals surface area (Å²) >= 11 is 0. The number of aromatic amines is 1. The van der Waals surface area contributed by atoms with E-state index in [1.807, 2.05) is 17.0 Å². The summed E-state index contributed by atoms with van der Waals surface area (Å²) in [5, 5.41) is 15.2. The first-order valence-electron chi connectivity index (χ1n) is 11.1. The van der Waals surface area contributed by atoms with Gasteiger partial charge in [-0.15, -0.1) is 0 Å². The fourth-order valence-corrected chi connectivity index (χ4v) is 4.40. The molecule has 1 saturated heterocycles. The second-order valence-corrected chi connectivity index (χ2v) is 8.33. The van der Waals surface area contributed by atoms with E-state index < -0.39 is 0 Å². The summed E-state index contributed by atoms with van der Waals surface area (Å²) in [5.41, 5.74) is 4.78. The zero-order valence-corrected chi connectivity index (χ0v) is 18.3. The molecule has 2 aromatic rings. The molecule has 32 heavy (non-hydrogen) atoms. The number of hydrogen-bond donors (Lipinski definition) is 3. The van der Waals surface area contributed by atoms with Gasteiger partial charge in [-0.05, 0) is 55.0 Å². The van der Waals surface area contributed by atoms with Crippen LogP contribution in [0, 0.1) is 11.3 Å². The lowest BCUT2D eigenvalue weighted by Crippen LogP contribution is -2.36. The highest BCUT2D eigenvalue weighted by molar-refractivity contribution is 6.03. The predicted molar refractivity (Wildman–Crippen MR) is 122 cm³/mol. The maximum absolute atomic E-state index is 12.8. The van der Waals surface area contributed by atoms with E-state index in [1.54, 1.807) is 6.92 Å². The van der Waals surface area contributed by atoms with Crippen molar-refractivity contribution in [2.45, 2.75) is 38.5 Å². The van der Waals surface area contributed by atoms with Gasteiger partial charge in [-0.1, -0.05) is 12.1 Å². The molecule has 3 N–H and O–H groups in total. The van der Waals surface area contributed by atoms with Crippen LogP contribution < -0.4 is 10.6 Å². The largest absolute Gasteiger partial charge is 0.343 e. The summed E-state index contributed by atoms with van der Waals surface area (Å²) in [6.07, 6.45) is 6.75. The van der Waals surface area contributed by atoms with E-state index in [2.05, 4.69) is 38.8 Å². The third-order valence-corrected chi connectivity index (χ3v) is 6.19. The molecule has 2 aliphatic heterocycles. The maximum atomic E-state index is 12.8. The van der Waals surface area contributed by atoms with Gasteiger partial charge in [-0.25, -0.2) is 4.98 Å². The van der Waals surface area contributed by atoms with Gasteiger partial charge in [0.15, 0.2) is 5.82 Å². The quantitative estimate of drug-likeness (QED) is 0.672. The van der Waals surface area contributed by atoms with Gasteiger partial charge in [0.25, 0.3) is 5.91 Å². The van der Waals surface area contributed by atoms with E-state index >= 15 is 0 Å². The molecule has 0 bridgehead atoms. The van der Waals surface area contributed by atoms with Crippen molar-refractivity contribution in [3.05, 3.63) is 53.1 Å². The number of nitrogens with zero attached hydrogens (tertiary/aromatic N) is 3. The van der Waals surface area contributed by atoms with E-state index in [1.165, 1.54) is 17.3 Å². The third kappa shape index (κ3) is 4.89. The minimum Gasteiger partial charge on any atom is -0.343 e. The van der Waals surface area contributed by atoms with Crippen molar-refractivity contribution < 1.29 is 9.59 Å². The minimum atomic E-state index is -0.331. The van der Waals surface area contributed by atoms with Gasteiger partial charge in [-0.3, -0.25) is 9.59 Å². The average Bonchev–Trinajstić information content (AvgIpc) is 3.29. The first-order chi connectivity index (χ1) is 15.5. The number of H-pyrrole nitrogens is 1. The van der Waals surface area contributed by atoms with Crippen LogP contribution in [0.1, 0.15) is 59.5 Å². The molecule has 0 atom stereocenters. The summed E-state index contributed by atoms with van der Waals surface area (Å²) in [6, 6.07) is 8.27. The van der Waals surface area contributed by atoms with Crippen LogP contribution in [0.4, 0.5) is 5.69 Å². The molecule has 1 aromatic carbocycles. The molecule has 8 heteroatoms. The monoisotopic (exact) mass is 432 g/mol. The van der Waals surface area contributed by atoms with Crippen LogP contribution in [0.25, 0.3) is 5.57 Å². The molecule has 1 fully saturated rings. The Labute approximate surface area is 187 Å². The van der Waals surface area contributed by atoms with Gasteiger partial charge in [0.1, 0.15) is 0 Å². The zero-order valence-electron chi connectivity index (χ0n) is 18.3. The van der Waals surface area contributed by atoms with Crippen molar-refractivity contribution >= 4 is 23.1 Å². The van der Waals surface area contributed by atoms with Crippen molar-refractivity contribution in [3.8, 4) is 6.07 Å². The first kappa shape index (κ1) is 21.8. The van der Waals surface area contributed by atoms with Crippen molar-refractivity contribution in [2.75, 3.05) is 31.5 Å². The molecular formula is C24H28N6O2. The number of amides is 2. The number of hydrogen-bond acceptors (Lipinski definition) is 5. The Bertz CT molecular complexity index is 1070. The van der Waals surface area contributed by atoms with Crippen molar-refractivity contribution in [1.29, 1.82) is 5.26 Å². The van der Waals surface area contributed by atoms with Gasteiger partial charge < -0.3 is 20.5 Å². The SMILES string of the molecule is CC(=O)N1CCC(c2ccc(NC(=O)c3ncc(CC#N)[nH]3)c(C3=CCCNC3)c2)CC1. The Hall–Kier alpha value is -3.44. The molecule has 0 spiro atoms. The summed E-state index contributed by atoms with van der Waals surface area (Å²) in [7, 11) is 0. The Morgan fingerprint density at radius 1 is 1.31 bits per heavy atom. The Balaban J connectivity index is 1.57. The number of likely N-dealkylation sites (tertiary alicyclic amines) is 1. The molecule has 166 valence electrons. The summed E-state index contributed by atoms with van der Waals surface area (Å²) < 4.78 is 0. The van der Waals surface area contributed by atoms with Gasteiger partial charge in [0.2, 0.25) is 5.91 Å².